The molecular formula is C18H34N6O3. The summed E-state index contributed by atoms with van der Waals surface area (Å²) in [6.07, 6.45) is 1.10. The lowest BCUT2D eigenvalue weighted by atomic mass is 10.3. The zero-order valence-electron chi connectivity index (χ0n) is 16.5. The third-order valence-corrected chi connectivity index (χ3v) is 4.56. The fourth-order valence-electron chi connectivity index (χ4n) is 3.36. The third-order valence-electron chi connectivity index (χ3n) is 4.56. The molecule has 9 heteroatoms. The van der Waals surface area contributed by atoms with Crippen LogP contribution in [-0.2, 0) is 13.1 Å². The lowest BCUT2D eigenvalue weighted by molar-refractivity contribution is 0.102. The van der Waals surface area contributed by atoms with Crippen LogP contribution < -0.4 is 0 Å². The Kier molecular flexibility index (Phi) is 8.65. The summed E-state index contributed by atoms with van der Waals surface area (Å²) in [7, 11) is 0. The van der Waals surface area contributed by atoms with Crippen molar-refractivity contribution in [2.45, 2.75) is 39.1 Å². The molecule has 1 aromatic rings. The van der Waals surface area contributed by atoms with E-state index in [1.807, 2.05) is 20.0 Å². The van der Waals surface area contributed by atoms with Crippen LogP contribution in [0.4, 0.5) is 0 Å². The molecule has 154 valence electrons. The molecule has 2 rings (SSSR count). The predicted molar refractivity (Wildman–Crippen MR) is 103 cm³/mol. The van der Waals surface area contributed by atoms with Crippen LogP contribution in [0.2, 0.25) is 0 Å². The van der Waals surface area contributed by atoms with E-state index in [9.17, 15) is 15.3 Å². The van der Waals surface area contributed by atoms with Crippen LogP contribution in [-0.4, -0.2) is 110 Å². The fourth-order valence-corrected chi connectivity index (χ4v) is 3.36. The molecule has 2 atom stereocenters. The van der Waals surface area contributed by atoms with Gasteiger partial charge in [-0.05, 0) is 13.8 Å². The Morgan fingerprint density at radius 2 is 1.48 bits per heavy atom. The summed E-state index contributed by atoms with van der Waals surface area (Å²) in [6, 6.07) is 0. The molecule has 9 nitrogen and oxygen atoms in total. The quantitative estimate of drug-likeness (QED) is 0.519. The highest BCUT2D eigenvalue weighted by Crippen LogP contribution is 2.07. The van der Waals surface area contributed by atoms with Crippen molar-refractivity contribution in [3.63, 3.8) is 0 Å². The molecule has 0 aromatic carbocycles. The molecule has 0 aliphatic carbocycles. The van der Waals surface area contributed by atoms with Gasteiger partial charge in [0.05, 0.1) is 30.6 Å². The van der Waals surface area contributed by atoms with Gasteiger partial charge in [-0.3, -0.25) is 14.7 Å². The van der Waals surface area contributed by atoms with Crippen molar-refractivity contribution in [3.8, 4) is 0 Å². The Hall–Kier alpha value is -1.52. The van der Waals surface area contributed by atoms with Crippen LogP contribution in [0.3, 0.4) is 0 Å². The number of nitrogens with zero attached hydrogens (tertiary/aromatic N) is 6. The van der Waals surface area contributed by atoms with Crippen molar-refractivity contribution in [1.29, 1.82) is 0 Å². The van der Waals surface area contributed by atoms with E-state index in [1.54, 1.807) is 4.68 Å². The molecule has 0 unspecified atom stereocenters. The Morgan fingerprint density at radius 1 is 1.00 bits per heavy atom. The van der Waals surface area contributed by atoms with Crippen LogP contribution in [0.1, 0.15) is 19.5 Å². The van der Waals surface area contributed by atoms with Gasteiger partial charge in [-0.1, -0.05) is 11.8 Å². The number of hydrogen-bond donors (Lipinski definition) is 3. The maximum absolute atomic E-state index is 9.77. The minimum Gasteiger partial charge on any atom is -0.511 e. The van der Waals surface area contributed by atoms with E-state index in [2.05, 4.69) is 31.6 Å². The fraction of sp³-hybridized carbons (Fsp3) is 0.778. The number of hydrogen-bond acceptors (Lipinski definition) is 8. The molecule has 1 aromatic heterocycles. The lowest BCUT2D eigenvalue weighted by Crippen LogP contribution is -2.41. The van der Waals surface area contributed by atoms with Crippen molar-refractivity contribution in [2.75, 3.05) is 52.4 Å². The van der Waals surface area contributed by atoms with Gasteiger partial charge < -0.3 is 15.3 Å². The van der Waals surface area contributed by atoms with Gasteiger partial charge in [0.2, 0.25) is 0 Å². The molecule has 2 heterocycles. The number of allylic oxidation sites excluding steroid dienone is 1. The highest BCUT2D eigenvalue weighted by molar-refractivity contribution is 4.94. The molecule has 0 radical (unpaired) electrons. The molecule has 27 heavy (non-hydrogen) atoms. The van der Waals surface area contributed by atoms with E-state index < -0.39 is 0 Å². The van der Waals surface area contributed by atoms with Gasteiger partial charge >= 0.3 is 0 Å². The Morgan fingerprint density at radius 3 is 1.93 bits per heavy atom. The largest absolute Gasteiger partial charge is 0.511 e. The second-order valence-electron chi connectivity index (χ2n) is 7.55. The first-order valence-electron chi connectivity index (χ1n) is 9.60. The van der Waals surface area contributed by atoms with Crippen LogP contribution in [0.5, 0.6) is 0 Å². The number of aliphatic hydroxyl groups is 3. The SMILES string of the molecule is C=C(O)Cn1cc(CN2CCN(C[C@H](C)O)CCN(C[C@H](C)O)CC2)nn1. The topological polar surface area (TPSA) is 101 Å². The molecule has 1 aliphatic heterocycles. The van der Waals surface area contributed by atoms with Gasteiger partial charge in [-0.15, -0.1) is 5.10 Å². The van der Waals surface area contributed by atoms with E-state index in [-0.39, 0.29) is 24.5 Å². The average molecular weight is 383 g/mol. The minimum absolute atomic E-state index is 0.0525. The van der Waals surface area contributed by atoms with Gasteiger partial charge in [0.25, 0.3) is 0 Å². The number of aromatic nitrogens is 3. The monoisotopic (exact) mass is 382 g/mol. The van der Waals surface area contributed by atoms with Crippen molar-refractivity contribution in [2.24, 2.45) is 0 Å². The van der Waals surface area contributed by atoms with E-state index in [0.29, 0.717) is 19.6 Å². The van der Waals surface area contributed by atoms with Crippen molar-refractivity contribution >= 4 is 0 Å². The number of rotatable bonds is 8. The first-order chi connectivity index (χ1) is 12.8. The summed E-state index contributed by atoms with van der Waals surface area (Å²) >= 11 is 0. The first kappa shape index (κ1) is 21.8. The van der Waals surface area contributed by atoms with Crippen LogP contribution >= 0.6 is 0 Å². The Bertz CT molecular complexity index is 555. The van der Waals surface area contributed by atoms with E-state index >= 15 is 0 Å². The molecule has 0 spiro atoms. The normalized spacial score (nSPS) is 20.6. The second kappa shape index (κ2) is 10.7. The third kappa shape index (κ3) is 8.35. The molecule has 1 aliphatic rings. The summed E-state index contributed by atoms with van der Waals surface area (Å²) in [4.78, 5) is 6.85. The van der Waals surface area contributed by atoms with Gasteiger partial charge in [-0.25, -0.2) is 4.68 Å². The number of β-amino-alcohol motifs (C(OH)–C–C–N with tert-alkyl or cyclic N) is 2. The minimum atomic E-state index is -0.365. The standard InChI is InChI=1S/C18H34N6O3/c1-15(25)10-21-4-5-22(11-16(2)26)7-9-23(8-6-21)13-18-14-24(20-19-18)12-17(3)27/h14-16,25-27H,3-13H2,1-2H3/t15-,16-/m0/s1. The number of aliphatic hydroxyl groups excluding tert-OH is 3. The lowest BCUT2D eigenvalue weighted by Gasteiger charge is -2.27. The zero-order valence-corrected chi connectivity index (χ0v) is 16.5. The average Bonchev–Trinajstić information content (AvgIpc) is 3.00. The predicted octanol–water partition coefficient (Wildman–Crippen LogP) is -0.469. The van der Waals surface area contributed by atoms with Gasteiger partial charge in [-0.2, -0.15) is 0 Å². The summed E-state index contributed by atoms with van der Waals surface area (Å²) < 4.78 is 1.58. The summed E-state index contributed by atoms with van der Waals surface area (Å²) in [5.74, 6) is 0.0525. The smallest absolute Gasteiger partial charge is 0.107 e. The summed E-state index contributed by atoms with van der Waals surface area (Å²) in [5.41, 5.74) is 0.847. The van der Waals surface area contributed by atoms with Gasteiger partial charge in [0.15, 0.2) is 0 Å². The zero-order chi connectivity index (χ0) is 19.8. The Balaban J connectivity index is 2.00. The van der Waals surface area contributed by atoms with Gasteiger partial charge in [0, 0.05) is 58.9 Å². The Labute approximate surface area is 161 Å². The molecule has 0 bridgehead atoms. The van der Waals surface area contributed by atoms with Crippen molar-refractivity contribution in [1.82, 2.24) is 29.7 Å². The highest BCUT2D eigenvalue weighted by atomic mass is 16.3. The maximum atomic E-state index is 9.77. The molecule has 0 saturated carbocycles. The first-order valence-corrected chi connectivity index (χ1v) is 9.60. The summed E-state index contributed by atoms with van der Waals surface area (Å²) in [5, 5.41) is 37.0. The molecule has 1 fully saturated rings. The molecular weight excluding hydrogens is 348 g/mol. The van der Waals surface area contributed by atoms with Crippen molar-refractivity contribution in [3.05, 3.63) is 24.2 Å². The van der Waals surface area contributed by atoms with E-state index in [0.717, 1.165) is 45.0 Å². The van der Waals surface area contributed by atoms with Crippen LogP contribution in [0.15, 0.2) is 18.5 Å². The van der Waals surface area contributed by atoms with Crippen molar-refractivity contribution < 1.29 is 15.3 Å². The second-order valence-corrected chi connectivity index (χ2v) is 7.55. The highest BCUT2D eigenvalue weighted by Gasteiger charge is 2.19. The van der Waals surface area contributed by atoms with Gasteiger partial charge in [0.1, 0.15) is 5.76 Å². The maximum Gasteiger partial charge on any atom is 0.107 e. The molecule has 0 amide bonds. The summed E-state index contributed by atoms with van der Waals surface area (Å²) in [6.45, 7) is 14.5. The van der Waals surface area contributed by atoms with Crippen LogP contribution in [0, 0.1) is 0 Å². The van der Waals surface area contributed by atoms with E-state index in [1.165, 1.54) is 0 Å². The van der Waals surface area contributed by atoms with Crippen LogP contribution in [0.25, 0.3) is 0 Å². The molecule has 1 saturated heterocycles. The molecule has 3 N–H and O–H groups in total. The van der Waals surface area contributed by atoms with E-state index in [4.69, 9.17) is 0 Å².